The van der Waals surface area contributed by atoms with Crippen molar-refractivity contribution in [2.45, 2.75) is 0 Å². The number of aromatic nitrogens is 1. The average molecular weight is 314 g/mol. The Balaban J connectivity index is 2.35. The molecule has 17 heavy (non-hydrogen) atoms. The second-order valence-corrected chi connectivity index (χ2v) is 4.59. The third-order valence-corrected chi connectivity index (χ3v) is 3.05. The van der Waals surface area contributed by atoms with Gasteiger partial charge in [0.25, 0.3) is 0 Å². The van der Waals surface area contributed by atoms with E-state index in [0.717, 1.165) is 10.2 Å². The summed E-state index contributed by atoms with van der Waals surface area (Å²) in [6.45, 7) is 0. The number of benzene rings is 1. The fraction of sp³-hybridized carbons (Fsp3) is 0.0833. The second kappa shape index (κ2) is 5.38. The summed E-state index contributed by atoms with van der Waals surface area (Å²) in [6.07, 6.45) is 1.71. The van der Waals surface area contributed by atoms with E-state index < -0.39 is 0 Å². The van der Waals surface area contributed by atoms with Crippen molar-refractivity contribution in [3.63, 3.8) is 0 Å². The summed E-state index contributed by atoms with van der Waals surface area (Å²) in [6, 6.07) is 9.14. The van der Waals surface area contributed by atoms with Crippen molar-refractivity contribution in [2.24, 2.45) is 0 Å². The van der Waals surface area contributed by atoms with E-state index in [1.165, 1.54) is 0 Å². The molecule has 3 nitrogen and oxygen atoms in total. The molecule has 2 aromatic rings. The van der Waals surface area contributed by atoms with E-state index in [2.05, 4.69) is 26.2 Å². The summed E-state index contributed by atoms with van der Waals surface area (Å²) < 4.78 is 6.13. The highest BCUT2D eigenvalue weighted by Crippen LogP contribution is 2.31. The molecule has 0 saturated carbocycles. The first-order valence-electron chi connectivity index (χ1n) is 4.92. The van der Waals surface area contributed by atoms with E-state index in [-0.39, 0.29) is 0 Å². The Kier molecular flexibility index (Phi) is 3.86. The maximum atomic E-state index is 5.95. The maximum absolute atomic E-state index is 5.95. The minimum Gasteiger partial charge on any atom is -0.495 e. The molecule has 0 aliphatic rings. The van der Waals surface area contributed by atoms with Gasteiger partial charge in [0.2, 0.25) is 0 Å². The normalized spacial score (nSPS) is 10.1. The number of halogens is 2. The van der Waals surface area contributed by atoms with Gasteiger partial charge in [0.1, 0.15) is 11.6 Å². The van der Waals surface area contributed by atoms with Crippen molar-refractivity contribution in [1.29, 1.82) is 0 Å². The van der Waals surface area contributed by atoms with Crippen LogP contribution in [0.3, 0.4) is 0 Å². The first kappa shape index (κ1) is 12.2. The van der Waals surface area contributed by atoms with Gasteiger partial charge in [0.15, 0.2) is 0 Å². The molecule has 0 aliphatic carbocycles. The number of nitrogens with one attached hydrogen (secondary N) is 1. The first-order valence-corrected chi connectivity index (χ1v) is 6.09. The average Bonchev–Trinajstić information content (AvgIpc) is 2.32. The molecule has 2 rings (SSSR count). The van der Waals surface area contributed by atoms with Gasteiger partial charge in [-0.3, -0.25) is 0 Å². The van der Waals surface area contributed by atoms with Crippen LogP contribution in [0.2, 0.25) is 5.02 Å². The minimum absolute atomic E-state index is 0.639. The number of methoxy groups -OCH3 is 1. The van der Waals surface area contributed by atoms with Crippen LogP contribution in [0.25, 0.3) is 0 Å². The Morgan fingerprint density at radius 2 is 2.18 bits per heavy atom. The predicted molar refractivity (Wildman–Crippen MR) is 73.2 cm³/mol. The molecule has 0 spiro atoms. The molecular weight excluding hydrogens is 304 g/mol. The molecule has 0 unspecified atom stereocenters. The summed E-state index contributed by atoms with van der Waals surface area (Å²) >= 11 is 9.37. The van der Waals surface area contributed by atoms with Crippen molar-refractivity contribution in [1.82, 2.24) is 4.98 Å². The Bertz CT molecular complexity index is 534. The van der Waals surface area contributed by atoms with Crippen molar-refractivity contribution in [2.75, 3.05) is 12.4 Å². The lowest BCUT2D eigenvalue weighted by Crippen LogP contribution is -1.97. The van der Waals surface area contributed by atoms with E-state index in [4.69, 9.17) is 16.3 Å². The van der Waals surface area contributed by atoms with Crippen LogP contribution in [0.1, 0.15) is 0 Å². The smallest absolute Gasteiger partial charge is 0.144 e. The quantitative estimate of drug-likeness (QED) is 0.920. The molecule has 1 N–H and O–H groups in total. The topological polar surface area (TPSA) is 34.1 Å². The number of hydrogen-bond donors (Lipinski definition) is 1. The lowest BCUT2D eigenvalue weighted by Gasteiger charge is -2.11. The molecule has 88 valence electrons. The van der Waals surface area contributed by atoms with Gasteiger partial charge >= 0.3 is 0 Å². The van der Waals surface area contributed by atoms with Gasteiger partial charge in [0.05, 0.1) is 17.3 Å². The Hall–Kier alpha value is -1.26. The minimum atomic E-state index is 0.639. The molecule has 0 atom stereocenters. The Labute approximate surface area is 113 Å². The van der Waals surface area contributed by atoms with Gasteiger partial charge < -0.3 is 10.1 Å². The summed E-state index contributed by atoms with van der Waals surface area (Å²) in [5.74, 6) is 1.43. The van der Waals surface area contributed by atoms with Gasteiger partial charge in [-0.2, -0.15) is 0 Å². The molecule has 1 aromatic heterocycles. The van der Waals surface area contributed by atoms with Crippen molar-refractivity contribution in [3.05, 3.63) is 46.0 Å². The molecule has 1 aromatic carbocycles. The van der Waals surface area contributed by atoms with E-state index in [9.17, 15) is 0 Å². The summed E-state index contributed by atoms with van der Waals surface area (Å²) in [4.78, 5) is 4.22. The van der Waals surface area contributed by atoms with Crippen LogP contribution in [0.15, 0.2) is 41.0 Å². The lowest BCUT2D eigenvalue weighted by atomic mass is 10.3. The van der Waals surface area contributed by atoms with E-state index in [1.54, 1.807) is 25.4 Å². The van der Waals surface area contributed by atoms with Gasteiger partial charge in [-0.25, -0.2) is 4.98 Å². The molecule has 0 amide bonds. The van der Waals surface area contributed by atoms with Gasteiger partial charge in [-0.05, 0) is 46.3 Å². The van der Waals surface area contributed by atoms with E-state index >= 15 is 0 Å². The zero-order valence-electron chi connectivity index (χ0n) is 9.08. The molecule has 0 bridgehead atoms. The van der Waals surface area contributed by atoms with Crippen LogP contribution in [-0.4, -0.2) is 12.1 Å². The van der Waals surface area contributed by atoms with E-state index in [0.29, 0.717) is 16.6 Å². The zero-order chi connectivity index (χ0) is 12.3. The second-order valence-electron chi connectivity index (χ2n) is 3.30. The lowest BCUT2D eigenvalue weighted by molar-refractivity contribution is 0.417. The SMILES string of the molecule is COc1ccc(Cl)cc1Nc1ncccc1Br. The molecule has 5 heteroatoms. The van der Waals surface area contributed by atoms with Gasteiger partial charge in [-0.1, -0.05) is 11.6 Å². The maximum Gasteiger partial charge on any atom is 0.144 e. The van der Waals surface area contributed by atoms with Crippen molar-refractivity contribution < 1.29 is 4.74 Å². The molecule has 0 radical (unpaired) electrons. The molecule has 1 heterocycles. The number of nitrogens with zero attached hydrogens (tertiary/aromatic N) is 1. The summed E-state index contributed by atoms with van der Waals surface area (Å²) in [5.41, 5.74) is 0.777. The molecular formula is C12H10BrClN2O. The number of pyridine rings is 1. The number of rotatable bonds is 3. The first-order chi connectivity index (χ1) is 8.20. The third-order valence-electron chi connectivity index (χ3n) is 2.17. The Morgan fingerprint density at radius 1 is 1.35 bits per heavy atom. The highest BCUT2D eigenvalue weighted by Gasteiger charge is 2.06. The van der Waals surface area contributed by atoms with E-state index in [1.807, 2.05) is 18.2 Å². The Morgan fingerprint density at radius 3 is 2.88 bits per heavy atom. The standard InChI is InChI=1S/C12H10BrClN2O/c1-17-11-5-4-8(14)7-10(11)16-12-9(13)3-2-6-15-12/h2-7H,1H3,(H,15,16). The zero-order valence-corrected chi connectivity index (χ0v) is 11.4. The number of anilines is 2. The highest BCUT2D eigenvalue weighted by atomic mass is 79.9. The fourth-order valence-corrected chi connectivity index (χ4v) is 1.91. The molecule has 0 saturated heterocycles. The fourth-order valence-electron chi connectivity index (χ4n) is 1.38. The van der Waals surface area contributed by atoms with Crippen LogP contribution in [-0.2, 0) is 0 Å². The molecule has 0 aliphatic heterocycles. The largest absolute Gasteiger partial charge is 0.495 e. The van der Waals surface area contributed by atoms with Gasteiger partial charge in [0, 0.05) is 11.2 Å². The third kappa shape index (κ3) is 2.90. The van der Waals surface area contributed by atoms with Crippen LogP contribution >= 0.6 is 27.5 Å². The summed E-state index contributed by atoms with van der Waals surface area (Å²) in [5, 5.41) is 3.80. The van der Waals surface area contributed by atoms with Crippen LogP contribution in [0.4, 0.5) is 11.5 Å². The predicted octanol–water partition coefficient (Wildman–Crippen LogP) is 4.25. The summed E-state index contributed by atoms with van der Waals surface area (Å²) in [7, 11) is 1.61. The van der Waals surface area contributed by atoms with Crippen LogP contribution in [0, 0.1) is 0 Å². The monoisotopic (exact) mass is 312 g/mol. The van der Waals surface area contributed by atoms with Gasteiger partial charge in [-0.15, -0.1) is 0 Å². The number of ether oxygens (including phenoxy) is 1. The van der Waals surface area contributed by atoms with Crippen molar-refractivity contribution in [3.8, 4) is 5.75 Å². The number of hydrogen-bond acceptors (Lipinski definition) is 3. The highest BCUT2D eigenvalue weighted by molar-refractivity contribution is 9.10. The van der Waals surface area contributed by atoms with Crippen LogP contribution < -0.4 is 10.1 Å². The van der Waals surface area contributed by atoms with Crippen molar-refractivity contribution >= 4 is 39.0 Å². The van der Waals surface area contributed by atoms with Crippen LogP contribution in [0.5, 0.6) is 5.75 Å². The molecule has 0 fully saturated rings.